The smallest absolute Gasteiger partial charge is 0.137 e. The molecule has 0 unspecified atom stereocenters. The highest BCUT2D eigenvalue weighted by atomic mass is 32.1. The Kier molecular flexibility index (Phi) is 8.04. The molecule has 9 aromatic carbocycles. The maximum Gasteiger partial charge on any atom is 0.137 e. The molecule has 0 saturated carbocycles. The molecular formula is C54H35NOS. The largest absolute Gasteiger partial charge is 0.456 e. The van der Waals surface area contributed by atoms with Crippen LogP contribution in [-0.2, 0) is 0 Å². The number of para-hydroxylation sites is 1. The van der Waals surface area contributed by atoms with Crippen molar-refractivity contribution in [2.45, 2.75) is 0 Å². The molecule has 57 heavy (non-hydrogen) atoms. The topological polar surface area (TPSA) is 16.4 Å². The Morgan fingerprint density at radius 1 is 0.351 bits per heavy atom. The van der Waals surface area contributed by atoms with Gasteiger partial charge in [0.05, 0.1) is 22.4 Å². The zero-order valence-electron chi connectivity index (χ0n) is 31.0. The van der Waals surface area contributed by atoms with E-state index in [-0.39, 0.29) is 0 Å². The third-order valence-corrected chi connectivity index (χ3v) is 12.3. The van der Waals surface area contributed by atoms with Gasteiger partial charge in [0.2, 0.25) is 0 Å². The lowest BCUT2D eigenvalue weighted by molar-refractivity contribution is 0.669. The molecule has 11 aromatic rings. The minimum atomic E-state index is 0.850. The molecule has 0 saturated heterocycles. The van der Waals surface area contributed by atoms with Crippen molar-refractivity contribution in [3.05, 3.63) is 212 Å². The summed E-state index contributed by atoms with van der Waals surface area (Å²) < 4.78 is 9.33. The summed E-state index contributed by atoms with van der Waals surface area (Å²) in [6, 6.07) is 76.3. The summed E-state index contributed by atoms with van der Waals surface area (Å²) in [5, 5.41) is 4.63. The molecule has 0 amide bonds. The molecule has 268 valence electrons. The molecule has 0 fully saturated rings. The van der Waals surface area contributed by atoms with E-state index in [1.165, 1.54) is 31.3 Å². The normalized spacial score (nSPS) is 11.5. The second kappa shape index (κ2) is 13.8. The summed E-state index contributed by atoms with van der Waals surface area (Å²) in [4.78, 5) is 2.53. The van der Waals surface area contributed by atoms with Crippen LogP contribution in [0.3, 0.4) is 0 Å². The number of rotatable bonds is 7. The Morgan fingerprint density at radius 2 is 0.912 bits per heavy atom. The SMILES string of the molecule is c1ccc(-c2ccc3c(c2)oc2cccc(N(c4c(-c5ccccc5)cccc4-c4ccccc4)c4ccc(-c5ccccc5)c5sc6ccccc6c45)c23)cc1. The van der Waals surface area contributed by atoms with Gasteiger partial charge >= 0.3 is 0 Å². The number of anilines is 3. The molecule has 3 heteroatoms. The quantitative estimate of drug-likeness (QED) is 0.162. The average Bonchev–Trinajstić information content (AvgIpc) is 3.87. The van der Waals surface area contributed by atoms with Crippen molar-refractivity contribution in [3.8, 4) is 44.5 Å². The average molecular weight is 746 g/mol. The highest BCUT2D eigenvalue weighted by Crippen LogP contribution is 2.54. The zero-order chi connectivity index (χ0) is 37.7. The van der Waals surface area contributed by atoms with Crippen LogP contribution in [0.4, 0.5) is 17.1 Å². The van der Waals surface area contributed by atoms with E-state index < -0.39 is 0 Å². The van der Waals surface area contributed by atoms with Crippen molar-refractivity contribution >= 4 is 70.5 Å². The van der Waals surface area contributed by atoms with Gasteiger partial charge in [-0.2, -0.15) is 0 Å². The molecule has 0 aliphatic heterocycles. The van der Waals surface area contributed by atoms with E-state index in [9.17, 15) is 0 Å². The minimum absolute atomic E-state index is 0.850. The van der Waals surface area contributed by atoms with Crippen molar-refractivity contribution in [1.82, 2.24) is 0 Å². The molecule has 0 atom stereocenters. The molecule has 0 spiro atoms. The molecule has 0 radical (unpaired) electrons. The van der Waals surface area contributed by atoms with E-state index in [0.29, 0.717) is 0 Å². The van der Waals surface area contributed by atoms with E-state index in [1.54, 1.807) is 0 Å². The van der Waals surface area contributed by atoms with Crippen LogP contribution in [-0.4, -0.2) is 0 Å². The maximum atomic E-state index is 6.80. The van der Waals surface area contributed by atoms with Crippen molar-refractivity contribution in [2.24, 2.45) is 0 Å². The molecular weight excluding hydrogens is 711 g/mol. The molecule has 2 heterocycles. The number of thiophene rings is 1. The third kappa shape index (κ3) is 5.63. The minimum Gasteiger partial charge on any atom is -0.456 e. The number of furan rings is 1. The number of hydrogen-bond acceptors (Lipinski definition) is 3. The first kappa shape index (κ1) is 33.2. The number of fused-ring (bicyclic) bond motifs is 6. The summed E-state index contributed by atoms with van der Waals surface area (Å²) >= 11 is 1.87. The van der Waals surface area contributed by atoms with Crippen LogP contribution in [0.25, 0.3) is 86.6 Å². The van der Waals surface area contributed by atoms with Crippen molar-refractivity contribution in [2.75, 3.05) is 4.90 Å². The Hall–Kier alpha value is -7.20. The van der Waals surface area contributed by atoms with E-state index in [0.717, 1.165) is 72.4 Å². The van der Waals surface area contributed by atoms with E-state index >= 15 is 0 Å². The molecule has 2 nitrogen and oxygen atoms in total. The summed E-state index contributed by atoms with van der Waals surface area (Å²) in [6.45, 7) is 0. The van der Waals surface area contributed by atoms with E-state index in [1.807, 2.05) is 11.3 Å². The van der Waals surface area contributed by atoms with Gasteiger partial charge in [-0.15, -0.1) is 11.3 Å². The number of nitrogens with zero attached hydrogens (tertiary/aromatic N) is 1. The van der Waals surface area contributed by atoms with Crippen LogP contribution < -0.4 is 4.90 Å². The van der Waals surface area contributed by atoms with Crippen LogP contribution in [0.2, 0.25) is 0 Å². The standard InChI is InChI=1S/C54H35NOS/c1-5-17-36(18-6-1)40-31-32-44-49(35-40)56-48-29-16-28-46(51(44)48)55(53-41(37-19-7-2-8-20-37)26-15-27-42(53)38-21-9-3-10-22-38)47-34-33-43(39-23-11-4-12-24-39)54-52(47)45-25-13-14-30-50(45)57-54/h1-35H. The second-order valence-electron chi connectivity index (χ2n) is 14.4. The van der Waals surface area contributed by atoms with Crippen molar-refractivity contribution in [1.29, 1.82) is 0 Å². The predicted octanol–water partition coefficient (Wildman–Crippen LogP) is 16.1. The van der Waals surface area contributed by atoms with Gasteiger partial charge in [-0.05, 0) is 69.8 Å². The van der Waals surface area contributed by atoms with Gasteiger partial charge in [-0.3, -0.25) is 0 Å². The van der Waals surface area contributed by atoms with Crippen LogP contribution >= 0.6 is 11.3 Å². The van der Waals surface area contributed by atoms with Crippen LogP contribution in [0, 0.1) is 0 Å². The predicted molar refractivity (Wildman–Crippen MR) is 243 cm³/mol. The van der Waals surface area contributed by atoms with Gasteiger partial charge in [0.15, 0.2) is 0 Å². The van der Waals surface area contributed by atoms with E-state index in [4.69, 9.17) is 4.42 Å². The Morgan fingerprint density at radius 3 is 1.58 bits per heavy atom. The fourth-order valence-electron chi connectivity index (χ4n) is 8.50. The fourth-order valence-corrected chi connectivity index (χ4v) is 9.76. The highest BCUT2D eigenvalue weighted by Gasteiger charge is 2.28. The van der Waals surface area contributed by atoms with Crippen LogP contribution in [0.1, 0.15) is 0 Å². The van der Waals surface area contributed by atoms with Crippen molar-refractivity contribution in [3.63, 3.8) is 0 Å². The first-order valence-electron chi connectivity index (χ1n) is 19.3. The van der Waals surface area contributed by atoms with Crippen LogP contribution in [0.5, 0.6) is 0 Å². The first-order chi connectivity index (χ1) is 28.3. The summed E-state index contributed by atoms with van der Waals surface area (Å²) in [6.07, 6.45) is 0. The molecule has 0 bridgehead atoms. The summed E-state index contributed by atoms with van der Waals surface area (Å²) in [7, 11) is 0. The molecule has 0 N–H and O–H groups in total. The lowest BCUT2D eigenvalue weighted by atomic mass is 9.93. The van der Waals surface area contributed by atoms with Gasteiger partial charge in [0.1, 0.15) is 11.2 Å². The maximum absolute atomic E-state index is 6.80. The van der Waals surface area contributed by atoms with Gasteiger partial charge in [-0.1, -0.05) is 176 Å². The molecule has 2 aromatic heterocycles. The lowest BCUT2D eigenvalue weighted by Crippen LogP contribution is -2.13. The van der Waals surface area contributed by atoms with Gasteiger partial charge < -0.3 is 9.32 Å². The number of hydrogen-bond donors (Lipinski definition) is 0. The molecule has 0 aliphatic carbocycles. The zero-order valence-corrected chi connectivity index (χ0v) is 31.8. The van der Waals surface area contributed by atoms with Gasteiger partial charge in [0, 0.05) is 36.7 Å². The number of benzene rings is 9. The van der Waals surface area contributed by atoms with Gasteiger partial charge in [0.25, 0.3) is 0 Å². The van der Waals surface area contributed by atoms with E-state index in [2.05, 4.69) is 217 Å². The summed E-state index contributed by atoms with van der Waals surface area (Å²) in [5.74, 6) is 0. The highest BCUT2D eigenvalue weighted by molar-refractivity contribution is 7.26. The fraction of sp³-hybridized carbons (Fsp3) is 0. The van der Waals surface area contributed by atoms with Crippen molar-refractivity contribution < 1.29 is 4.42 Å². The van der Waals surface area contributed by atoms with Crippen LogP contribution in [0.15, 0.2) is 217 Å². The first-order valence-corrected chi connectivity index (χ1v) is 20.2. The Bertz CT molecular complexity index is 3160. The monoisotopic (exact) mass is 745 g/mol. The molecule has 0 aliphatic rings. The molecule has 11 rings (SSSR count). The Labute approximate surface area is 335 Å². The Balaban J connectivity index is 1.29. The summed E-state index contributed by atoms with van der Waals surface area (Å²) in [5.41, 5.74) is 14.3. The van der Waals surface area contributed by atoms with Gasteiger partial charge in [-0.25, -0.2) is 0 Å². The third-order valence-electron chi connectivity index (χ3n) is 11.1. The lowest BCUT2D eigenvalue weighted by Gasteiger charge is -2.32. The second-order valence-corrected chi connectivity index (χ2v) is 15.5.